The van der Waals surface area contributed by atoms with Gasteiger partial charge in [-0.2, -0.15) is 0 Å². The lowest BCUT2D eigenvalue weighted by molar-refractivity contribution is 0.354. The van der Waals surface area contributed by atoms with Crippen molar-refractivity contribution in [2.24, 2.45) is 0 Å². The van der Waals surface area contributed by atoms with E-state index in [-0.39, 0.29) is 0 Å². The van der Waals surface area contributed by atoms with E-state index in [1.165, 1.54) is 31.2 Å². The molecule has 0 atom stereocenters. The van der Waals surface area contributed by atoms with Crippen LogP contribution >= 0.6 is 0 Å². The zero-order valence-corrected chi connectivity index (χ0v) is 8.97. The van der Waals surface area contributed by atoms with E-state index < -0.39 is 0 Å². The lowest BCUT2D eigenvalue weighted by Crippen LogP contribution is -2.06. The predicted octanol–water partition coefficient (Wildman–Crippen LogP) is 2.36. The van der Waals surface area contributed by atoms with E-state index in [1.54, 1.807) is 0 Å². The first-order valence-corrected chi connectivity index (χ1v) is 5.42. The van der Waals surface area contributed by atoms with Crippen LogP contribution in [0.2, 0.25) is 0 Å². The van der Waals surface area contributed by atoms with Crippen molar-refractivity contribution in [3.63, 3.8) is 0 Å². The molecule has 1 heterocycles. The maximum atomic E-state index is 5.44. The number of hydrogen-bond acceptors (Lipinski definition) is 3. The summed E-state index contributed by atoms with van der Waals surface area (Å²) in [4.78, 5) is 0. The molecule has 78 valence electrons. The highest BCUT2D eigenvalue weighted by Crippen LogP contribution is 2.36. The average molecular weight is 194 g/mol. The minimum atomic E-state index is 0.633. The lowest BCUT2D eigenvalue weighted by Gasteiger charge is -2.04. The zero-order valence-electron chi connectivity index (χ0n) is 8.97. The van der Waals surface area contributed by atoms with E-state index in [9.17, 15) is 0 Å². The van der Waals surface area contributed by atoms with Crippen molar-refractivity contribution < 1.29 is 4.52 Å². The Kier molecular flexibility index (Phi) is 2.87. The van der Waals surface area contributed by atoms with E-state index in [0.717, 1.165) is 18.0 Å². The molecular formula is C11H18N2O. The van der Waals surface area contributed by atoms with Crippen molar-refractivity contribution in [3.05, 3.63) is 17.0 Å². The molecule has 3 nitrogen and oxygen atoms in total. The van der Waals surface area contributed by atoms with Crippen LogP contribution in [0.15, 0.2) is 4.52 Å². The minimum absolute atomic E-state index is 0.633. The molecule has 0 bridgehead atoms. The van der Waals surface area contributed by atoms with Crippen LogP contribution in [-0.2, 0) is 6.54 Å². The van der Waals surface area contributed by atoms with Crippen LogP contribution in [0.5, 0.6) is 0 Å². The topological polar surface area (TPSA) is 38.1 Å². The fourth-order valence-corrected chi connectivity index (χ4v) is 2.28. The third-order valence-corrected chi connectivity index (χ3v) is 3.13. The fourth-order valence-electron chi connectivity index (χ4n) is 2.28. The highest BCUT2D eigenvalue weighted by Gasteiger charge is 2.24. The van der Waals surface area contributed by atoms with Gasteiger partial charge in [0.2, 0.25) is 0 Å². The molecule has 0 radical (unpaired) electrons. The second-order valence-electron chi connectivity index (χ2n) is 4.13. The highest BCUT2D eigenvalue weighted by atomic mass is 16.5. The van der Waals surface area contributed by atoms with Crippen molar-refractivity contribution in [2.75, 3.05) is 7.05 Å². The summed E-state index contributed by atoms with van der Waals surface area (Å²) < 4.78 is 5.44. The molecule has 3 heteroatoms. The van der Waals surface area contributed by atoms with Crippen molar-refractivity contribution in [2.45, 2.75) is 45.1 Å². The van der Waals surface area contributed by atoms with Crippen molar-refractivity contribution in [3.8, 4) is 0 Å². The number of aromatic nitrogens is 1. The van der Waals surface area contributed by atoms with Crippen LogP contribution in [0.4, 0.5) is 0 Å². The van der Waals surface area contributed by atoms with Gasteiger partial charge in [-0.05, 0) is 26.8 Å². The molecule has 1 aromatic rings. The van der Waals surface area contributed by atoms with E-state index in [0.29, 0.717) is 5.92 Å². The van der Waals surface area contributed by atoms with Gasteiger partial charge in [-0.15, -0.1) is 0 Å². The molecule has 0 aliphatic heterocycles. The van der Waals surface area contributed by atoms with Gasteiger partial charge in [-0.1, -0.05) is 18.0 Å². The van der Waals surface area contributed by atoms with Crippen molar-refractivity contribution in [1.29, 1.82) is 0 Å². The first kappa shape index (κ1) is 9.71. The first-order chi connectivity index (χ1) is 6.83. The van der Waals surface area contributed by atoms with Crippen LogP contribution in [0.1, 0.15) is 48.6 Å². The van der Waals surface area contributed by atoms with Crippen LogP contribution in [-0.4, -0.2) is 12.2 Å². The van der Waals surface area contributed by atoms with Crippen LogP contribution in [0.25, 0.3) is 0 Å². The SMILES string of the molecule is CNCc1noc(C2CCCC2)c1C. The molecule has 14 heavy (non-hydrogen) atoms. The van der Waals surface area contributed by atoms with Gasteiger partial charge >= 0.3 is 0 Å². The molecule has 1 saturated carbocycles. The Balaban J connectivity index is 2.17. The number of hydrogen-bond donors (Lipinski definition) is 1. The Morgan fingerprint density at radius 1 is 1.43 bits per heavy atom. The predicted molar refractivity (Wildman–Crippen MR) is 55.2 cm³/mol. The van der Waals surface area contributed by atoms with Crippen LogP contribution in [0, 0.1) is 6.92 Å². The van der Waals surface area contributed by atoms with E-state index >= 15 is 0 Å². The zero-order chi connectivity index (χ0) is 9.97. The van der Waals surface area contributed by atoms with Gasteiger partial charge in [0, 0.05) is 18.0 Å². The summed E-state index contributed by atoms with van der Waals surface area (Å²) in [5.41, 5.74) is 2.32. The van der Waals surface area contributed by atoms with Crippen LogP contribution in [0.3, 0.4) is 0 Å². The summed E-state index contributed by atoms with van der Waals surface area (Å²) in [5, 5.41) is 7.22. The third kappa shape index (κ3) is 1.69. The molecule has 2 rings (SSSR count). The Morgan fingerprint density at radius 2 is 2.14 bits per heavy atom. The average Bonchev–Trinajstić information content (AvgIpc) is 2.77. The molecule has 1 fully saturated rings. The van der Waals surface area contributed by atoms with Gasteiger partial charge < -0.3 is 9.84 Å². The van der Waals surface area contributed by atoms with E-state index in [1.807, 2.05) is 7.05 Å². The van der Waals surface area contributed by atoms with Gasteiger partial charge in [0.1, 0.15) is 11.5 Å². The Morgan fingerprint density at radius 3 is 2.79 bits per heavy atom. The molecule has 0 unspecified atom stereocenters. The van der Waals surface area contributed by atoms with Gasteiger partial charge in [0.25, 0.3) is 0 Å². The molecule has 0 aromatic carbocycles. The molecule has 0 amide bonds. The fraction of sp³-hybridized carbons (Fsp3) is 0.727. The molecular weight excluding hydrogens is 176 g/mol. The summed E-state index contributed by atoms with van der Waals surface area (Å²) >= 11 is 0. The third-order valence-electron chi connectivity index (χ3n) is 3.13. The maximum Gasteiger partial charge on any atom is 0.143 e. The summed E-state index contributed by atoms with van der Waals surface area (Å²) in [5.74, 6) is 1.76. The number of nitrogens with one attached hydrogen (secondary N) is 1. The van der Waals surface area contributed by atoms with Gasteiger partial charge in [-0.3, -0.25) is 0 Å². The minimum Gasteiger partial charge on any atom is -0.361 e. The number of rotatable bonds is 3. The Labute approximate surface area is 84.9 Å². The van der Waals surface area contributed by atoms with Gasteiger partial charge in [0.05, 0.1) is 0 Å². The Bertz CT molecular complexity index is 300. The molecule has 1 aliphatic rings. The summed E-state index contributed by atoms with van der Waals surface area (Å²) in [6.45, 7) is 2.93. The lowest BCUT2D eigenvalue weighted by atomic mass is 10.0. The molecule has 1 N–H and O–H groups in total. The summed E-state index contributed by atoms with van der Waals surface area (Å²) in [7, 11) is 1.93. The summed E-state index contributed by atoms with van der Waals surface area (Å²) in [6, 6.07) is 0. The Hall–Kier alpha value is -0.830. The van der Waals surface area contributed by atoms with Crippen molar-refractivity contribution in [1.82, 2.24) is 10.5 Å². The standard InChI is InChI=1S/C11H18N2O/c1-8-10(7-12-2)13-14-11(8)9-5-3-4-6-9/h9,12H,3-7H2,1-2H3. The van der Waals surface area contributed by atoms with Gasteiger partial charge in [-0.25, -0.2) is 0 Å². The highest BCUT2D eigenvalue weighted by molar-refractivity contribution is 5.24. The smallest absolute Gasteiger partial charge is 0.143 e. The van der Waals surface area contributed by atoms with Crippen molar-refractivity contribution >= 4 is 0 Å². The normalized spacial score (nSPS) is 17.9. The molecule has 0 spiro atoms. The van der Waals surface area contributed by atoms with Gasteiger partial charge in [0.15, 0.2) is 0 Å². The molecule has 0 saturated heterocycles. The molecule has 1 aliphatic carbocycles. The monoisotopic (exact) mass is 194 g/mol. The second-order valence-corrected chi connectivity index (χ2v) is 4.13. The summed E-state index contributed by atoms with van der Waals surface area (Å²) in [6.07, 6.45) is 5.22. The van der Waals surface area contributed by atoms with E-state index in [2.05, 4.69) is 17.4 Å². The van der Waals surface area contributed by atoms with E-state index in [4.69, 9.17) is 4.52 Å². The number of nitrogens with zero attached hydrogens (tertiary/aromatic N) is 1. The maximum absolute atomic E-state index is 5.44. The molecule has 1 aromatic heterocycles. The largest absolute Gasteiger partial charge is 0.361 e. The second kappa shape index (κ2) is 4.13. The quantitative estimate of drug-likeness (QED) is 0.802. The first-order valence-electron chi connectivity index (χ1n) is 5.42. The van der Waals surface area contributed by atoms with Crippen LogP contribution < -0.4 is 5.32 Å².